The number of piperidine rings is 1. The van der Waals surface area contributed by atoms with Gasteiger partial charge in [0.2, 0.25) is 5.91 Å². The van der Waals surface area contributed by atoms with Crippen LogP contribution < -0.4 is 21.0 Å². The van der Waals surface area contributed by atoms with Gasteiger partial charge in [0, 0.05) is 38.1 Å². The molecule has 2 aliphatic heterocycles. The topological polar surface area (TPSA) is 154 Å². The molecule has 0 aliphatic carbocycles. The largest absolute Gasteiger partial charge is 0.547 e. The molecule has 0 radical (unpaired) electrons. The highest BCUT2D eigenvalue weighted by molar-refractivity contribution is 6.47. The highest BCUT2D eigenvalue weighted by Gasteiger charge is 2.38. The number of carbonyl (C=O) groups excluding carboxylic acids is 2. The Morgan fingerprint density at radius 1 is 1.40 bits per heavy atom. The van der Waals surface area contributed by atoms with Gasteiger partial charge in [-0.05, 0) is 24.5 Å². The molecule has 1 saturated heterocycles. The number of rotatable bonds is 8. The van der Waals surface area contributed by atoms with Gasteiger partial charge in [0.05, 0.1) is 18.0 Å². The number of aromatic carboxylic acids is 1. The average Bonchev–Trinajstić information content (AvgIpc) is 2.72. The summed E-state index contributed by atoms with van der Waals surface area (Å²) in [4.78, 5) is 37.2. The summed E-state index contributed by atoms with van der Waals surface area (Å²) < 4.78 is 5.40. The number of aldehydes is 1. The number of amides is 1. The number of carboxylic acid groups (broad SMARTS) is 1. The zero-order valence-corrected chi connectivity index (χ0v) is 16.6. The number of nitrogens with zero attached hydrogens (tertiary/aromatic N) is 1. The van der Waals surface area contributed by atoms with E-state index >= 15 is 0 Å². The summed E-state index contributed by atoms with van der Waals surface area (Å²) in [6.45, 7) is 2.36. The van der Waals surface area contributed by atoms with Crippen LogP contribution in [-0.2, 0) is 16.0 Å². The third kappa shape index (κ3) is 5.17. The summed E-state index contributed by atoms with van der Waals surface area (Å²) in [6, 6.07) is 4.77. The van der Waals surface area contributed by atoms with E-state index in [1.54, 1.807) is 12.1 Å². The second kappa shape index (κ2) is 10.0. The lowest BCUT2D eigenvalue weighted by atomic mass is 9.72. The maximum atomic E-state index is 12.5. The fourth-order valence-electron chi connectivity index (χ4n) is 4.03. The van der Waals surface area contributed by atoms with Crippen LogP contribution in [-0.4, -0.2) is 85.0 Å². The number of benzene rings is 1. The molecule has 0 aromatic heterocycles. The number of likely N-dealkylation sites (tertiary alicyclic amines) is 1. The van der Waals surface area contributed by atoms with Crippen molar-refractivity contribution < 1.29 is 29.2 Å². The molecule has 6 N–H and O–H groups in total. The Hall–Kier alpha value is -2.47. The predicted octanol–water partition coefficient (Wildman–Crippen LogP) is -1.74. The predicted molar refractivity (Wildman–Crippen MR) is 109 cm³/mol. The molecule has 3 atom stereocenters. The van der Waals surface area contributed by atoms with Gasteiger partial charge in [0.15, 0.2) is 0 Å². The fourth-order valence-corrected chi connectivity index (χ4v) is 4.03. The van der Waals surface area contributed by atoms with Crippen LogP contribution in [0.1, 0.15) is 22.3 Å². The molecule has 3 rings (SSSR count). The number of nitrogens with one attached hydrogen (secondary N) is 2. The Kier molecular flexibility index (Phi) is 7.43. The van der Waals surface area contributed by atoms with Crippen molar-refractivity contribution in [3.05, 3.63) is 29.3 Å². The molecule has 0 saturated carbocycles. The third-order valence-electron chi connectivity index (χ3n) is 5.53. The Labute approximate surface area is 174 Å². The number of carbonyl (C=O) groups is 3. The van der Waals surface area contributed by atoms with Gasteiger partial charge in [-0.2, -0.15) is 0 Å². The minimum absolute atomic E-state index is 0.0256. The molecular formula is C19H27BN4O6. The van der Waals surface area contributed by atoms with Gasteiger partial charge in [0.25, 0.3) is 0 Å². The highest BCUT2D eigenvalue weighted by Crippen LogP contribution is 2.30. The molecule has 1 aromatic rings. The maximum absolute atomic E-state index is 12.5. The van der Waals surface area contributed by atoms with Crippen LogP contribution in [0.5, 0.6) is 5.75 Å². The maximum Gasteiger partial charge on any atom is 0.547 e. The van der Waals surface area contributed by atoms with E-state index in [0.29, 0.717) is 31.7 Å². The molecule has 162 valence electrons. The SMILES string of the molecule is NCCNC1CCN(CC(=O)NC2Cc3cccc(C(=O)O)c3OB2O)CC1C=O. The van der Waals surface area contributed by atoms with Crippen molar-refractivity contribution in [1.82, 2.24) is 15.5 Å². The van der Waals surface area contributed by atoms with Gasteiger partial charge in [-0.1, -0.05) is 12.1 Å². The van der Waals surface area contributed by atoms with E-state index in [-0.39, 0.29) is 42.1 Å². The van der Waals surface area contributed by atoms with Gasteiger partial charge < -0.3 is 35.9 Å². The first-order valence-corrected chi connectivity index (χ1v) is 10.0. The molecular weight excluding hydrogens is 391 g/mol. The quantitative estimate of drug-likeness (QED) is 0.245. The van der Waals surface area contributed by atoms with Gasteiger partial charge >= 0.3 is 13.1 Å². The fraction of sp³-hybridized carbons (Fsp3) is 0.526. The zero-order chi connectivity index (χ0) is 21.7. The van der Waals surface area contributed by atoms with E-state index in [1.807, 2.05) is 4.90 Å². The number of para-hydroxylation sites is 1. The second-order valence-electron chi connectivity index (χ2n) is 7.66. The molecule has 10 nitrogen and oxygen atoms in total. The van der Waals surface area contributed by atoms with Gasteiger partial charge in [-0.3, -0.25) is 9.69 Å². The normalized spacial score (nSPS) is 23.9. The smallest absolute Gasteiger partial charge is 0.534 e. The summed E-state index contributed by atoms with van der Waals surface area (Å²) >= 11 is 0. The highest BCUT2D eigenvalue weighted by atomic mass is 16.5. The second-order valence-corrected chi connectivity index (χ2v) is 7.66. The van der Waals surface area contributed by atoms with Crippen LogP contribution in [0.25, 0.3) is 0 Å². The van der Waals surface area contributed by atoms with Crippen molar-refractivity contribution in [2.24, 2.45) is 11.7 Å². The number of nitrogens with two attached hydrogens (primary N) is 1. The van der Waals surface area contributed by atoms with E-state index in [0.717, 1.165) is 12.7 Å². The zero-order valence-electron chi connectivity index (χ0n) is 16.6. The Balaban J connectivity index is 1.56. The van der Waals surface area contributed by atoms with Crippen LogP contribution in [0.2, 0.25) is 0 Å². The van der Waals surface area contributed by atoms with Crippen molar-refractivity contribution in [3.8, 4) is 5.75 Å². The summed E-state index contributed by atoms with van der Waals surface area (Å²) in [7, 11) is -1.35. The molecule has 2 aliphatic rings. The van der Waals surface area contributed by atoms with E-state index in [4.69, 9.17) is 10.4 Å². The number of hydrogen-bond acceptors (Lipinski definition) is 8. The molecule has 0 spiro atoms. The minimum atomic E-state index is -1.35. The molecule has 1 aromatic carbocycles. The lowest BCUT2D eigenvalue weighted by Gasteiger charge is -2.36. The van der Waals surface area contributed by atoms with Crippen molar-refractivity contribution in [2.45, 2.75) is 24.8 Å². The molecule has 1 fully saturated rings. The standard InChI is InChI=1S/C19H27BN4O6/c21-5-6-22-15-4-7-24(9-13(15)11-25)10-17(26)23-16-8-12-2-1-3-14(19(27)28)18(12)30-20(16)29/h1-3,11,13,15-16,22,29H,4-10,21H2,(H,23,26)(H,27,28). The first-order chi connectivity index (χ1) is 14.4. The Bertz CT molecular complexity index is 794. The van der Waals surface area contributed by atoms with Gasteiger partial charge in [0.1, 0.15) is 12.0 Å². The van der Waals surface area contributed by atoms with Crippen LogP contribution in [0.15, 0.2) is 18.2 Å². The van der Waals surface area contributed by atoms with Crippen LogP contribution >= 0.6 is 0 Å². The van der Waals surface area contributed by atoms with Gasteiger partial charge in [-0.15, -0.1) is 0 Å². The third-order valence-corrected chi connectivity index (χ3v) is 5.53. The van der Waals surface area contributed by atoms with Crippen molar-refractivity contribution >= 4 is 25.3 Å². The number of fused-ring (bicyclic) bond motifs is 1. The van der Waals surface area contributed by atoms with Crippen molar-refractivity contribution in [2.75, 3.05) is 32.7 Å². The lowest BCUT2D eigenvalue weighted by Crippen LogP contribution is -2.56. The summed E-state index contributed by atoms with van der Waals surface area (Å²) in [5, 5.41) is 25.5. The van der Waals surface area contributed by atoms with E-state index < -0.39 is 19.0 Å². The van der Waals surface area contributed by atoms with Crippen LogP contribution in [0.4, 0.5) is 0 Å². The molecule has 3 unspecified atom stereocenters. The van der Waals surface area contributed by atoms with Crippen molar-refractivity contribution in [1.29, 1.82) is 0 Å². The molecule has 11 heteroatoms. The molecule has 30 heavy (non-hydrogen) atoms. The Morgan fingerprint density at radius 3 is 2.90 bits per heavy atom. The first-order valence-electron chi connectivity index (χ1n) is 10.0. The Morgan fingerprint density at radius 2 is 2.20 bits per heavy atom. The summed E-state index contributed by atoms with van der Waals surface area (Å²) in [5.74, 6) is -2.22. The molecule has 2 heterocycles. The molecule has 1 amide bonds. The lowest BCUT2D eigenvalue weighted by molar-refractivity contribution is -0.124. The van der Waals surface area contributed by atoms with E-state index in [1.165, 1.54) is 6.07 Å². The van der Waals surface area contributed by atoms with E-state index in [9.17, 15) is 24.5 Å². The minimum Gasteiger partial charge on any atom is -0.534 e. The van der Waals surface area contributed by atoms with Crippen molar-refractivity contribution in [3.63, 3.8) is 0 Å². The monoisotopic (exact) mass is 418 g/mol. The van der Waals surface area contributed by atoms with Crippen LogP contribution in [0.3, 0.4) is 0 Å². The van der Waals surface area contributed by atoms with Gasteiger partial charge in [-0.25, -0.2) is 4.79 Å². The van der Waals surface area contributed by atoms with E-state index in [2.05, 4.69) is 10.6 Å². The first kappa shape index (κ1) is 22.2. The van der Waals surface area contributed by atoms with Crippen LogP contribution in [0, 0.1) is 5.92 Å². The average molecular weight is 418 g/mol. The number of carboxylic acids is 1. The molecule has 0 bridgehead atoms. The number of hydrogen-bond donors (Lipinski definition) is 5. The summed E-state index contributed by atoms with van der Waals surface area (Å²) in [6.07, 6.45) is 1.90. The summed E-state index contributed by atoms with van der Waals surface area (Å²) in [5.41, 5.74) is 6.09.